The Morgan fingerprint density at radius 3 is 1.59 bits per heavy atom. The molecule has 1 rings (SSSR count). The van der Waals surface area contributed by atoms with E-state index in [1.807, 2.05) is 0 Å². The molecule has 1 aliphatic rings. The van der Waals surface area contributed by atoms with Gasteiger partial charge >= 0.3 is 0 Å². The summed E-state index contributed by atoms with van der Waals surface area (Å²) in [5.41, 5.74) is 0. The minimum absolute atomic E-state index is 0.122. The zero-order chi connectivity index (χ0) is 28.1. The molecule has 0 aromatic rings. The van der Waals surface area contributed by atoms with Crippen LogP contribution in [0.3, 0.4) is 0 Å². The molecule has 230 valence electrons. The summed E-state index contributed by atoms with van der Waals surface area (Å²) in [7, 11) is 0. The SMILES string of the molecule is CCCCCC=CCC=CCCCCCCCCOC(CN1CCC(O)CC1)OCCCCCCCCCC. The summed E-state index contributed by atoms with van der Waals surface area (Å²) in [4.78, 5) is 2.41. The van der Waals surface area contributed by atoms with Crippen LogP contribution in [0, 0.1) is 0 Å². The molecular formula is C35H67NO3. The maximum absolute atomic E-state index is 9.82. The van der Waals surface area contributed by atoms with Gasteiger partial charge in [0.25, 0.3) is 0 Å². The predicted molar refractivity (Wildman–Crippen MR) is 169 cm³/mol. The highest BCUT2D eigenvalue weighted by Gasteiger charge is 2.21. The standard InChI is InChI=1S/C35H67NO3/c1-3-5-7-9-11-13-14-15-16-17-18-19-20-22-24-26-32-39-35(33-36-29-27-34(37)28-30-36)38-31-25-23-21-12-10-8-6-4-2/h11,13,15-16,34-35,37H,3-10,12,14,17-33H2,1-2H3. The fourth-order valence-electron chi connectivity index (χ4n) is 5.22. The van der Waals surface area contributed by atoms with Crippen LogP contribution >= 0.6 is 0 Å². The second kappa shape index (κ2) is 28.8. The van der Waals surface area contributed by atoms with Crippen molar-refractivity contribution in [3.63, 3.8) is 0 Å². The van der Waals surface area contributed by atoms with E-state index in [2.05, 4.69) is 43.1 Å². The fraction of sp³-hybridized carbons (Fsp3) is 0.886. The zero-order valence-corrected chi connectivity index (χ0v) is 26.3. The van der Waals surface area contributed by atoms with Gasteiger partial charge in [0, 0.05) is 32.8 Å². The number of unbranched alkanes of at least 4 members (excludes halogenated alkanes) is 16. The molecule has 1 heterocycles. The number of aliphatic hydroxyl groups excluding tert-OH is 1. The van der Waals surface area contributed by atoms with Crippen LogP contribution in [0.1, 0.15) is 155 Å². The summed E-state index contributed by atoms with van der Waals surface area (Å²) in [6, 6.07) is 0. The van der Waals surface area contributed by atoms with Crippen molar-refractivity contribution in [2.24, 2.45) is 0 Å². The lowest BCUT2D eigenvalue weighted by atomic mass is 10.1. The highest BCUT2D eigenvalue weighted by Crippen LogP contribution is 2.14. The van der Waals surface area contributed by atoms with Gasteiger partial charge in [-0.2, -0.15) is 0 Å². The normalized spacial score (nSPS) is 16.2. The summed E-state index contributed by atoms with van der Waals surface area (Å²) >= 11 is 0. The number of rotatable bonds is 28. The Morgan fingerprint density at radius 1 is 0.615 bits per heavy atom. The molecule has 0 aromatic carbocycles. The lowest BCUT2D eigenvalue weighted by Gasteiger charge is -2.32. The molecule has 4 heteroatoms. The number of piperidine rings is 1. The van der Waals surface area contributed by atoms with E-state index in [0.717, 1.165) is 65.0 Å². The van der Waals surface area contributed by atoms with Crippen molar-refractivity contribution in [2.45, 2.75) is 167 Å². The second-order valence-corrected chi connectivity index (χ2v) is 11.8. The van der Waals surface area contributed by atoms with Crippen molar-refractivity contribution in [2.75, 3.05) is 32.8 Å². The van der Waals surface area contributed by atoms with Crippen LogP contribution in [0.5, 0.6) is 0 Å². The van der Waals surface area contributed by atoms with Gasteiger partial charge in [-0.1, -0.05) is 122 Å². The highest BCUT2D eigenvalue weighted by molar-refractivity contribution is 4.92. The molecule has 1 fully saturated rings. The van der Waals surface area contributed by atoms with Crippen LogP contribution in [-0.4, -0.2) is 55.2 Å². The van der Waals surface area contributed by atoms with Gasteiger partial charge < -0.3 is 14.6 Å². The lowest BCUT2D eigenvalue weighted by Crippen LogP contribution is -2.42. The molecule has 0 aromatic heterocycles. The number of nitrogens with zero attached hydrogens (tertiary/aromatic N) is 1. The summed E-state index contributed by atoms with van der Waals surface area (Å²) in [5.74, 6) is 0. The molecule has 0 radical (unpaired) electrons. The summed E-state index contributed by atoms with van der Waals surface area (Å²) < 4.78 is 12.4. The third-order valence-corrected chi connectivity index (χ3v) is 7.91. The highest BCUT2D eigenvalue weighted by atomic mass is 16.7. The molecule has 1 N–H and O–H groups in total. The monoisotopic (exact) mass is 550 g/mol. The van der Waals surface area contributed by atoms with Gasteiger partial charge in [-0.3, -0.25) is 4.90 Å². The molecule has 0 aliphatic carbocycles. The number of hydrogen-bond donors (Lipinski definition) is 1. The van der Waals surface area contributed by atoms with E-state index < -0.39 is 0 Å². The van der Waals surface area contributed by atoms with Gasteiger partial charge in [-0.15, -0.1) is 0 Å². The Bertz CT molecular complexity index is 542. The molecule has 0 spiro atoms. The van der Waals surface area contributed by atoms with Gasteiger partial charge in [-0.25, -0.2) is 0 Å². The van der Waals surface area contributed by atoms with Crippen molar-refractivity contribution in [3.8, 4) is 0 Å². The van der Waals surface area contributed by atoms with E-state index in [0.29, 0.717) is 0 Å². The van der Waals surface area contributed by atoms with Crippen LogP contribution in [0.25, 0.3) is 0 Å². The molecule has 1 aliphatic heterocycles. The Balaban J connectivity index is 2.06. The third-order valence-electron chi connectivity index (χ3n) is 7.91. The number of hydrogen-bond acceptors (Lipinski definition) is 4. The molecule has 1 unspecified atom stereocenters. The van der Waals surface area contributed by atoms with Crippen molar-refractivity contribution >= 4 is 0 Å². The average molecular weight is 550 g/mol. The Hall–Kier alpha value is -0.680. The molecule has 4 nitrogen and oxygen atoms in total. The Labute approximate surface area is 244 Å². The topological polar surface area (TPSA) is 41.9 Å². The quantitative estimate of drug-likeness (QED) is 0.0599. The largest absolute Gasteiger partial charge is 0.393 e. The van der Waals surface area contributed by atoms with Gasteiger partial charge in [0.1, 0.15) is 0 Å². The van der Waals surface area contributed by atoms with Crippen LogP contribution < -0.4 is 0 Å². The number of allylic oxidation sites excluding steroid dienone is 4. The molecule has 0 saturated carbocycles. The van der Waals surface area contributed by atoms with Crippen molar-refractivity contribution in [1.82, 2.24) is 4.90 Å². The number of likely N-dealkylation sites (tertiary alicyclic amines) is 1. The van der Waals surface area contributed by atoms with E-state index in [9.17, 15) is 5.11 Å². The first-order valence-corrected chi connectivity index (χ1v) is 17.2. The van der Waals surface area contributed by atoms with Crippen molar-refractivity contribution in [1.29, 1.82) is 0 Å². The zero-order valence-electron chi connectivity index (χ0n) is 26.3. The summed E-state index contributed by atoms with van der Waals surface area (Å²) in [6.07, 6.45) is 36.6. The number of ether oxygens (including phenoxy) is 2. The fourth-order valence-corrected chi connectivity index (χ4v) is 5.22. The molecule has 39 heavy (non-hydrogen) atoms. The maximum Gasteiger partial charge on any atom is 0.170 e. The minimum atomic E-state index is -0.128. The summed E-state index contributed by atoms with van der Waals surface area (Å²) in [6.45, 7) is 8.88. The van der Waals surface area contributed by atoms with E-state index in [4.69, 9.17) is 9.47 Å². The first-order valence-electron chi connectivity index (χ1n) is 17.2. The third kappa shape index (κ3) is 24.8. The molecular weight excluding hydrogens is 482 g/mol. The molecule has 0 bridgehead atoms. The minimum Gasteiger partial charge on any atom is -0.393 e. The van der Waals surface area contributed by atoms with Gasteiger partial charge in [0.2, 0.25) is 0 Å². The Morgan fingerprint density at radius 2 is 1.05 bits per heavy atom. The second-order valence-electron chi connectivity index (χ2n) is 11.8. The van der Waals surface area contributed by atoms with E-state index in [1.165, 1.54) is 109 Å². The van der Waals surface area contributed by atoms with Gasteiger partial charge in [0.05, 0.1) is 6.10 Å². The van der Waals surface area contributed by atoms with Gasteiger partial charge in [0.15, 0.2) is 6.29 Å². The van der Waals surface area contributed by atoms with E-state index in [1.54, 1.807) is 0 Å². The van der Waals surface area contributed by atoms with Gasteiger partial charge in [-0.05, 0) is 57.8 Å². The van der Waals surface area contributed by atoms with Crippen molar-refractivity contribution in [3.05, 3.63) is 24.3 Å². The van der Waals surface area contributed by atoms with E-state index >= 15 is 0 Å². The number of aliphatic hydroxyl groups is 1. The predicted octanol–water partition coefficient (Wildman–Crippen LogP) is 9.76. The molecule has 1 atom stereocenters. The maximum atomic E-state index is 9.82. The molecule has 0 amide bonds. The first-order chi connectivity index (χ1) is 19.3. The molecule has 1 saturated heterocycles. The lowest BCUT2D eigenvalue weighted by molar-refractivity contribution is -0.157. The smallest absolute Gasteiger partial charge is 0.170 e. The first kappa shape index (κ1) is 36.3. The Kier molecular flexibility index (Phi) is 26.9. The van der Waals surface area contributed by atoms with Crippen LogP contribution in [-0.2, 0) is 9.47 Å². The van der Waals surface area contributed by atoms with Crippen molar-refractivity contribution < 1.29 is 14.6 Å². The average Bonchev–Trinajstić information content (AvgIpc) is 2.94. The summed E-state index contributed by atoms with van der Waals surface area (Å²) in [5, 5.41) is 9.82. The van der Waals surface area contributed by atoms with E-state index in [-0.39, 0.29) is 12.4 Å². The van der Waals surface area contributed by atoms with Crippen LogP contribution in [0.2, 0.25) is 0 Å². The van der Waals surface area contributed by atoms with Crippen LogP contribution in [0.15, 0.2) is 24.3 Å². The van der Waals surface area contributed by atoms with Crippen LogP contribution in [0.4, 0.5) is 0 Å².